The average Bonchev–Trinajstić information content (AvgIpc) is 2.42. The monoisotopic (exact) mass is 335 g/mol. The van der Waals surface area contributed by atoms with Gasteiger partial charge in [0.15, 0.2) is 0 Å². The van der Waals surface area contributed by atoms with Crippen LogP contribution in [0.25, 0.3) is 0 Å². The van der Waals surface area contributed by atoms with Crippen LogP contribution in [0.15, 0.2) is 46.9 Å². The van der Waals surface area contributed by atoms with Gasteiger partial charge in [0.05, 0.1) is 0 Å². The Morgan fingerprint density at radius 2 is 1.75 bits per heavy atom. The first-order chi connectivity index (χ1) is 9.47. The van der Waals surface area contributed by atoms with Gasteiger partial charge in [-0.3, -0.25) is 0 Å². The quantitative estimate of drug-likeness (QED) is 0.840. The van der Waals surface area contributed by atoms with Crippen LogP contribution in [0.4, 0.5) is 4.39 Å². The Bertz CT molecular complexity index is 578. The first-order valence-corrected chi connectivity index (χ1v) is 7.56. The molecule has 0 aromatic heterocycles. The van der Waals surface area contributed by atoms with Gasteiger partial charge in [0.2, 0.25) is 0 Å². The molecule has 0 amide bonds. The van der Waals surface area contributed by atoms with Gasteiger partial charge in [0.25, 0.3) is 0 Å². The molecular weight excluding hydrogens is 317 g/mol. The van der Waals surface area contributed by atoms with Crippen LogP contribution in [0.3, 0.4) is 0 Å². The normalized spacial score (nSPS) is 12.7. The van der Waals surface area contributed by atoms with E-state index in [9.17, 15) is 4.39 Å². The molecule has 0 radical (unpaired) electrons. The van der Waals surface area contributed by atoms with Crippen LogP contribution >= 0.6 is 15.9 Å². The summed E-state index contributed by atoms with van der Waals surface area (Å²) in [6, 6.07) is 12.9. The van der Waals surface area contributed by atoms with Gasteiger partial charge in [-0.05, 0) is 41.7 Å². The molecule has 0 saturated carbocycles. The van der Waals surface area contributed by atoms with Crippen molar-refractivity contribution in [2.75, 3.05) is 0 Å². The second-order valence-electron chi connectivity index (χ2n) is 5.37. The molecule has 0 aliphatic rings. The number of halogens is 2. The maximum absolute atomic E-state index is 13.8. The van der Waals surface area contributed by atoms with Crippen LogP contribution in [-0.4, -0.2) is 0 Å². The van der Waals surface area contributed by atoms with Gasteiger partial charge in [-0.1, -0.05) is 54.0 Å². The highest BCUT2D eigenvalue weighted by molar-refractivity contribution is 9.10. The molecule has 0 saturated heterocycles. The highest BCUT2D eigenvalue weighted by Crippen LogP contribution is 2.24. The van der Waals surface area contributed by atoms with Gasteiger partial charge in [-0.25, -0.2) is 4.39 Å². The van der Waals surface area contributed by atoms with E-state index in [0.29, 0.717) is 17.9 Å². The van der Waals surface area contributed by atoms with E-state index in [2.05, 4.69) is 54.0 Å². The molecular formula is C17H19BrFN. The molecule has 0 aliphatic carbocycles. The second kappa shape index (κ2) is 6.51. The molecule has 2 aromatic rings. The van der Waals surface area contributed by atoms with E-state index >= 15 is 0 Å². The van der Waals surface area contributed by atoms with E-state index in [1.165, 1.54) is 11.6 Å². The van der Waals surface area contributed by atoms with Crippen LogP contribution in [0.2, 0.25) is 0 Å². The summed E-state index contributed by atoms with van der Waals surface area (Å²) in [6.45, 7) is 4.33. The standard InChI is InChI=1S/C17H19BrFN/c1-11(2)13-5-3-12(4-6-13)9-17(20)15-10-14(18)7-8-16(15)19/h3-8,10-11,17H,9,20H2,1-2H3. The summed E-state index contributed by atoms with van der Waals surface area (Å²) in [5.41, 5.74) is 9.11. The van der Waals surface area contributed by atoms with Crippen molar-refractivity contribution >= 4 is 15.9 Å². The largest absolute Gasteiger partial charge is 0.324 e. The number of hydrogen-bond acceptors (Lipinski definition) is 1. The van der Waals surface area contributed by atoms with E-state index in [4.69, 9.17) is 5.73 Å². The van der Waals surface area contributed by atoms with E-state index in [0.717, 1.165) is 10.0 Å². The highest BCUT2D eigenvalue weighted by Gasteiger charge is 2.13. The van der Waals surface area contributed by atoms with Gasteiger partial charge < -0.3 is 5.73 Å². The van der Waals surface area contributed by atoms with Gasteiger partial charge in [-0.15, -0.1) is 0 Å². The molecule has 0 bridgehead atoms. The van der Waals surface area contributed by atoms with E-state index in [-0.39, 0.29) is 11.9 Å². The number of nitrogens with two attached hydrogens (primary N) is 1. The molecule has 0 aliphatic heterocycles. The second-order valence-corrected chi connectivity index (χ2v) is 6.29. The highest BCUT2D eigenvalue weighted by atomic mass is 79.9. The third-order valence-corrected chi connectivity index (χ3v) is 3.95. The Morgan fingerprint density at radius 3 is 2.35 bits per heavy atom. The fourth-order valence-electron chi connectivity index (χ4n) is 2.20. The van der Waals surface area contributed by atoms with Gasteiger partial charge in [0, 0.05) is 16.1 Å². The lowest BCUT2D eigenvalue weighted by molar-refractivity contribution is 0.580. The van der Waals surface area contributed by atoms with Crippen molar-refractivity contribution in [1.29, 1.82) is 0 Å². The molecule has 2 N–H and O–H groups in total. The lowest BCUT2D eigenvalue weighted by Gasteiger charge is -2.14. The van der Waals surface area contributed by atoms with E-state index in [1.807, 2.05) is 0 Å². The maximum Gasteiger partial charge on any atom is 0.128 e. The number of hydrogen-bond donors (Lipinski definition) is 1. The van der Waals surface area contributed by atoms with Gasteiger partial charge in [0.1, 0.15) is 5.82 Å². The molecule has 1 unspecified atom stereocenters. The lowest BCUT2D eigenvalue weighted by Crippen LogP contribution is -2.15. The molecule has 3 heteroatoms. The molecule has 0 spiro atoms. The zero-order valence-corrected chi connectivity index (χ0v) is 13.3. The van der Waals surface area contributed by atoms with Crippen LogP contribution in [0.1, 0.15) is 42.5 Å². The van der Waals surface area contributed by atoms with Crippen LogP contribution in [0, 0.1) is 5.82 Å². The van der Waals surface area contributed by atoms with Crippen molar-refractivity contribution in [1.82, 2.24) is 0 Å². The first kappa shape index (κ1) is 15.2. The van der Waals surface area contributed by atoms with Crippen molar-refractivity contribution in [3.05, 3.63) is 69.4 Å². The van der Waals surface area contributed by atoms with Crippen LogP contribution in [-0.2, 0) is 6.42 Å². The maximum atomic E-state index is 13.8. The van der Waals surface area contributed by atoms with Crippen molar-refractivity contribution in [3.8, 4) is 0 Å². The third kappa shape index (κ3) is 3.68. The van der Waals surface area contributed by atoms with E-state index < -0.39 is 0 Å². The molecule has 106 valence electrons. The Balaban J connectivity index is 2.14. The summed E-state index contributed by atoms with van der Waals surface area (Å²) in [4.78, 5) is 0. The number of benzene rings is 2. The van der Waals surface area contributed by atoms with Crippen molar-refractivity contribution < 1.29 is 4.39 Å². The van der Waals surface area contributed by atoms with Crippen molar-refractivity contribution in [2.45, 2.75) is 32.2 Å². The van der Waals surface area contributed by atoms with Crippen molar-refractivity contribution in [3.63, 3.8) is 0 Å². The first-order valence-electron chi connectivity index (χ1n) is 6.76. The summed E-state index contributed by atoms with van der Waals surface area (Å²) in [5, 5.41) is 0. The van der Waals surface area contributed by atoms with Crippen LogP contribution < -0.4 is 5.73 Å². The minimum Gasteiger partial charge on any atom is -0.324 e. The molecule has 0 fully saturated rings. The zero-order chi connectivity index (χ0) is 14.7. The Hall–Kier alpha value is -1.19. The minimum absolute atomic E-state index is 0.250. The summed E-state index contributed by atoms with van der Waals surface area (Å²) < 4.78 is 14.6. The molecule has 1 nitrogen and oxygen atoms in total. The zero-order valence-electron chi connectivity index (χ0n) is 11.7. The van der Waals surface area contributed by atoms with Crippen LogP contribution in [0.5, 0.6) is 0 Å². The average molecular weight is 336 g/mol. The fourth-order valence-corrected chi connectivity index (χ4v) is 2.58. The minimum atomic E-state index is -0.336. The molecule has 2 rings (SSSR count). The van der Waals surface area contributed by atoms with Gasteiger partial charge >= 0.3 is 0 Å². The third-order valence-electron chi connectivity index (χ3n) is 3.46. The number of rotatable bonds is 4. The summed E-state index contributed by atoms with van der Waals surface area (Å²) in [7, 11) is 0. The molecule has 1 atom stereocenters. The topological polar surface area (TPSA) is 26.0 Å². The predicted octanol–water partition coefficient (Wildman–Crippen LogP) is 4.95. The summed E-state index contributed by atoms with van der Waals surface area (Å²) >= 11 is 3.35. The Labute approximate surface area is 128 Å². The fraction of sp³-hybridized carbons (Fsp3) is 0.294. The Morgan fingerprint density at radius 1 is 1.10 bits per heavy atom. The summed E-state index contributed by atoms with van der Waals surface area (Å²) in [5.74, 6) is 0.264. The van der Waals surface area contributed by atoms with Gasteiger partial charge in [-0.2, -0.15) is 0 Å². The molecule has 2 aromatic carbocycles. The SMILES string of the molecule is CC(C)c1ccc(CC(N)c2cc(Br)ccc2F)cc1. The van der Waals surface area contributed by atoms with Crippen molar-refractivity contribution in [2.24, 2.45) is 5.73 Å². The smallest absolute Gasteiger partial charge is 0.128 e. The predicted molar refractivity (Wildman–Crippen MR) is 85.3 cm³/mol. The summed E-state index contributed by atoms with van der Waals surface area (Å²) in [6.07, 6.45) is 0.631. The Kier molecular flexibility index (Phi) is 4.95. The lowest BCUT2D eigenvalue weighted by atomic mass is 9.96. The molecule has 20 heavy (non-hydrogen) atoms. The van der Waals surface area contributed by atoms with E-state index in [1.54, 1.807) is 12.1 Å². The molecule has 0 heterocycles.